The second-order valence-electron chi connectivity index (χ2n) is 2.05. The van der Waals surface area contributed by atoms with Gasteiger partial charge in [-0.2, -0.15) is 0 Å². The Balaban J connectivity index is -0.0000000546. The molecule has 0 bridgehead atoms. The maximum atomic E-state index is 8.17. The number of hydrogen-bond acceptors (Lipinski definition) is 6. The van der Waals surface area contributed by atoms with E-state index in [0.717, 1.165) is 0 Å². The van der Waals surface area contributed by atoms with E-state index in [1.165, 1.54) is 6.92 Å². The van der Waals surface area contributed by atoms with Crippen LogP contribution >= 0.6 is 0 Å². The molecular weight excluding hydrogens is 191 g/mol. The third-order valence-electron chi connectivity index (χ3n) is 0.686. The van der Waals surface area contributed by atoms with Crippen molar-refractivity contribution >= 4 is 0 Å². The van der Waals surface area contributed by atoms with Crippen molar-refractivity contribution in [1.82, 2.24) is 0 Å². The Morgan fingerprint density at radius 2 is 1.15 bits per heavy atom. The van der Waals surface area contributed by atoms with Gasteiger partial charge in [-0.1, -0.05) is 0 Å². The van der Waals surface area contributed by atoms with E-state index in [4.69, 9.17) is 25.5 Å². The molecule has 0 rings (SSSR count). The molecular formula is C6H17NaO6. The summed E-state index contributed by atoms with van der Waals surface area (Å²) in [4.78, 5) is 0. The molecule has 0 aromatic carbocycles. The Bertz CT molecular complexity index is 68.1. The first-order valence-corrected chi connectivity index (χ1v) is 3.27. The van der Waals surface area contributed by atoms with Gasteiger partial charge in [0.1, 0.15) is 6.10 Å². The monoisotopic (exact) mass is 208 g/mol. The van der Waals surface area contributed by atoms with E-state index >= 15 is 0 Å². The quantitative estimate of drug-likeness (QED) is 0.294. The molecule has 0 radical (unpaired) electrons. The topological polar surface area (TPSA) is 131 Å². The van der Waals surface area contributed by atoms with Gasteiger partial charge in [0.2, 0.25) is 0 Å². The number of aliphatic hydroxyl groups is 5. The van der Waals surface area contributed by atoms with Gasteiger partial charge in [0.05, 0.1) is 25.9 Å². The fourth-order valence-electron chi connectivity index (χ4n) is 0.0577. The van der Waals surface area contributed by atoms with Gasteiger partial charge in [-0.05, 0) is 6.92 Å². The summed E-state index contributed by atoms with van der Waals surface area (Å²) in [5.41, 5.74) is 0. The molecule has 0 heterocycles. The smallest absolute Gasteiger partial charge is 0.870 e. The molecule has 6 nitrogen and oxygen atoms in total. The first-order valence-electron chi connectivity index (χ1n) is 3.27. The minimum Gasteiger partial charge on any atom is -0.870 e. The van der Waals surface area contributed by atoms with E-state index in [0.29, 0.717) is 0 Å². The molecule has 7 heteroatoms. The van der Waals surface area contributed by atoms with Crippen LogP contribution in [0, 0.1) is 0 Å². The van der Waals surface area contributed by atoms with Crippen LogP contribution in [0.25, 0.3) is 0 Å². The van der Waals surface area contributed by atoms with Crippen LogP contribution in [0.2, 0.25) is 0 Å². The predicted molar refractivity (Wildman–Crippen MR) is 40.9 cm³/mol. The number of aliphatic hydroxyl groups excluding tert-OH is 5. The summed E-state index contributed by atoms with van der Waals surface area (Å²) in [5, 5.41) is 40.0. The Morgan fingerprint density at radius 1 is 0.923 bits per heavy atom. The Morgan fingerprint density at radius 3 is 1.15 bits per heavy atom. The van der Waals surface area contributed by atoms with Crippen molar-refractivity contribution < 1.29 is 60.6 Å². The molecule has 1 unspecified atom stereocenters. The Hall–Kier alpha value is 0.760. The van der Waals surface area contributed by atoms with Crippen molar-refractivity contribution in [3.63, 3.8) is 0 Å². The third kappa shape index (κ3) is 32.3. The summed E-state index contributed by atoms with van der Waals surface area (Å²) >= 11 is 0. The molecule has 6 N–H and O–H groups in total. The average Bonchev–Trinajstić information content (AvgIpc) is 2.04. The Kier molecular flexibility index (Phi) is 33.5. The molecule has 0 aliphatic heterocycles. The number of rotatable bonds is 3. The largest absolute Gasteiger partial charge is 1.00 e. The molecule has 0 aromatic heterocycles. The maximum absolute atomic E-state index is 8.17. The van der Waals surface area contributed by atoms with E-state index in [1.54, 1.807) is 0 Å². The van der Waals surface area contributed by atoms with E-state index in [-0.39, 0.29) is 54.9 Å². The molecule has 13 heavy (non-hydrogen) atoms. The van der Waals surface area contributed by atoms with E-state index in [9.17, 15) is 0 Å². The maximum Gasteiger partial charge on any atom is 1.00 e. The second kappa shape index (κ2) is 18.5. The van der Waals surface area contributed by atoms with Crippen molar-refractivity contribution in [3.05, 3.63) is 0 Å². The SMILES string of the molecule is CC(O)CO.OCC(O)CO.[Na+].[OH-]. The van der Waals surface area contributed by atoms with Crippen LogP contribution < -0.4 is 29.6 Å². The van der Waals surface area contributed by atoms with Gasteiger partial charge in [0, 0.05) is 0 Å². The summed E-state index contributed by atoms with van der Waals surface area (Å²) in [6.45, 7) is 0.660. The van der Waals surface area contributed by atoms with Gasteiger partial charge >= 0.3 is 29.6 Å². The van der Waals surface area contributed by atoms with Crippen LogP contribution in [0.4, 0.5) is 0 Å². The van der Waals surface area contributed by atoms with Crippen LogP contribution in [0.15, 0.2) is 0 Å². The van der Waals surface area contributed by atoms with Crippen molar-refractivity contribution in [2.45, 2.75) is 19.1 Å². The summed E-state index contributed by atoms with van der Waals surface area (Å²) in [7, 11) is 0. The zero-order chi connectivity index (χ0) is 9.28. The van der Waals surface area contributed by atoms with Crippen LogP contribution in [0.3, 0.4) is 0 Å². The minimum atomic E-state index is -0.954. The van der Waals surface area contributed by atoms with E-state index in [2.05, 4.69) is 0 Å². The summed E-state index contributed by atoms with van der Waals surface area (Å²) in [6, 6.07) is 0. The molecule has 1 atom stereocenters. The van der Waals surface area contributed by atoms with Crippen molar-refractivity contribution in [1.29, 1.82) is 0 Å². The minimum absolute atomic E-state index is 0. The molecule has 0 amide bonds. The van der Waals surface area contributed by atoms with Crippen LogP contribution in [0.5, 0.6) is 0 Å². The van der Waals surface area contributed by atoms with Crippen LogP contribution in [-0.2, 0) is 0 Å². The van der Waals surface area contributed by atoms with Gasteiger partial charge in [-0.3, -0.25) is 0 Å². The van der Waals surface area contributed by atoms with Gasteiger partial charge < -0.3 is 31.0 Å². The number of hydrogen-bond donors (Lipinski definition) is 5. The normalized spacial score (nSPS) is 10.4. The van der Waals surface area contributed by atoms with E-state index < -0.39 is 12.2 Å². The van der Waals surface area contributed by atoms with Crippen LogP contribution in [-0.4, -0.2) is 63.0 Å². The van der Waals surface area contributed by atoms with Gasteiger partial charge in [-0.25, -0.2) is 0 Å². The van der Waals surface area contributed by atoms with Crippen LogP contribution in [0.1, 0.15) is 6.92 Å². The summed E-state index contributed by atoms with van der Waals surface area (Å²) in [5.74, 6) is 0. The summed E-state index contributed by atoms with van der Waals surface area (Å²) < 4.78 is 0. The molecule has 0 fully saturated rings. The molecule has 0 aliphatic rings. The third-order valence-corrected chi connectivity index (χ3v) is 0.686. The standard InChI is InChI=1S/C3H8O3.C3H8O2.Na.H2O/c4-1-3(6)2-5;1-3(5)2-4;;/h3-6H,1-2H2;3-5H,2H2,1H3;;1H2/q;;+1;/p-1. The predicted octanol–water partition coefficient (Wildman–Crippen LogP) is -5.48. The first-order chi connectivity index (χ1) is 5.08. The molecule has 0 aliphatic carbocycles. The fraction of sp³-hybridized carbons (Fsp3) is 1.00. The molecule has 0 saturated heterocycles. The molecule has 0 aromatic rings. The van der Waals surface area contributed by atoms with Crippen molar-refractivity contribution in [3.8, 4) is 0 Å². The average molecular weight is 208 g/mol. The Labute approximate surface area is 99.4 Å². The first kappa shape index (κ1) is 23.5. The van der Waals surface area contributed by atoms with Crippen molar-refractivity contribution in [2.24, 2.45) is 0 Å². The summed E-state index contributed by atoms with van der Waals surface area (Å²) in [6.07, 6.45) is -1.51. The van der Waals surface area contributed by atoms with Gasteiger partial charge in [0.25, 0.3) is 0 Å². The van der Waals surface area contributed by atoms with Crippen molar-refractivity contribution in [2.75, 3.05) is 19.8 Å². The zero-order valence-electron chi connectivity index (χ0n) is 7.96. The second-order valence-corrected chi connectivity index (χ2v) is 2.05. The fourth-order valence-corrected chi connectivity index (χ4v) is 0.0577. The molecule has 0 spiro atoms. The van der Waals surface area contributed by atoms with Gasteiger partial charge in [-0.15, -0.1) is 0 Å². The zero-order valence-corrected chi connectivity index (χ0v) is 9.96. The molecule has 0 saturated carbocycles. The van der Waals surface area contributed by atoms with E-state index in [1.807, 2.05) is 0 Å². The van der Waals surface area contributed by atoms with Gasteiger partial charge in [0.15, 0.2) is 0 Å². The molecule has 78 valence electrons.